The van der Waals surface area contributed by atoms with Crippen LogP contribution in [0.2, 0.25) is 0 Å². The second-order valence-corrected chi connectivity index (χ2v) is 4.78. The van der Waals surface area contributed by atoms with Crippen LogP contribution < -0.4 is 5.32 Å². The predicted octanol–water partition coefficient (Wildman–Crippen LogP) is 0.841. The Morgan fingerprint density at radius 2 is 1.89 bits per heavy atom. The molecule has 1 spiro atoms. The molecule has 0 atom stereocenters. The Bertz CT molecular complexity index is 482. The minimum atomic E-state index is -0.647. The second kappa shape index (κ2) is 4.04. The van der Waals surface area contributed by atoms with Crippen LogP contribution in [-0.2, 0) is 11.3 Å². The first kappa shape index (κ1) is 11.1. The van der Waals surface area contributed by atoms with Gasteiger partial charge >= 0.3 is 6.03 Å². The van der Waals surface area contributed by atoms with Gasteiger partial charge in [0, 0.05) is 12.4 Å². The fourth-order valence-corrected chi connectivity index (χ4v) is 2.69. The lowest BCUT2D eigenvalue weighted by molar-refractivity contribution is -0.131. The normalized spacial score (nSPS) is 21.7. The van der Waals surface area contributed by atoms with Crippen molar-refractivity contribution in [3.63, 3.8) is 0 Å². The summed E-state index contributed by atoms with van der Waals surface area (Å²) in [6.07, 6.45) is 6.66. The molecule has 94 valence electrons. The summed E-state index contributed by atoms with van der Waals surface area (Å²) >= 11 is 0. The number of carbonyl (C=O) groups is 2. The first-order valence-electron chi connectivity index (χ1n) is 6.11. The highest BCUT2D eigenvalue weighted by atomic mass is 16.2. The van der Waals surface area contributed by atoms with Crippen molar-refractivity contribution in [3.05, 3.63) is 24.3 Å². The van der Waals surface area contributed by atoms with Crippen LogP contribution in [0.1, 0.15) is 31.5 Å². The zero-order valence-electron chi connectivity index (χ0n) is 9.93. The van der Waals surface area contributed by atoms with Crippen LogP contribution in [0.3, 0.4) is 0 Å². The van der Waals surface area contributed by atoms with Crippen molar-refractivity contribution in [2.24, 2.45) is 0 Å². The van der Waals surface area contributed by atoms with E-state index in [-0.39, 0.29) is 18.5 Å². The molecule has 3 rings (SSSR count). The average Bonchev–Trinajstić information content (AvgIpc) is 2.93. The van der Waals surface area contributed by atoms with Gasteiger partial charge in [-0.15, -0.1) is 0 Å². The van der Waals surface area contributed by atoms with E-state index < -0.39 is 5.54 Å². The minimum absolute atomic E-state index is 0.127. The van der Waals surface area contributed by atoms with Crippen molar-refractivity contribution in [2.75, 3.05) is 0 Å². The van der Waals surface area contributed by atoms with Crippen LogP contribution in [0, 0.1) is 0 Å². The van der Waals surface area contributed by atoms with Crippen LogP contribution >= 0.6 is 0 Å². The van der Waals surface area contributed by atoms with E-state index >= 15 is 0 Å². The second-order valence-electron chi connectivity index (χ2n) is 4.78. The Hall–Kier alpha value is -1.98. The third kappa shape index (κ3) is 1.64. The van der Waals surface area contributed by atoms with Gasteiger partial charge in [0.1, 0.15) is 11.4 Å². The van der Waals surface area contributed by atoms with Crippen molar-refractivity contribution in [3.8, 4) is 0 Å². The molecule has 0 aromatic carbocycles. The fourth-order valence-electron chi connectivity index (χ4n) is 2.69. The lowest BCUT2D eigenvalue weighted by Crippen LogP contribution is -2.44. The molecule has 1 N–H and O–H groups in total. The number of hydrogen-bond donors (Lipinski definition) is 1. The summed E-state index contributed by atoms with van der Waals surface area (Å²) in [7, 11) is 0. The zero-order chi connectivity index (χ0) is 12.6. The van der Waals surface area contributed by atoms with Gasteiger partial charge in [-0.1, -0.05) is 12.8 Å². The third-order valence-corrected chi connectivity index (χ3v) is 3.62. The maximum Gasteiger partial charge on any atom is 0.325 e. The number of imide groups is 1. The van der Waals surface area contributed by atoms with E-state index in [9.17, 15) is 9.59 Å². The number of urea groups is 1. The largest absolute Gasteiger partial charge is 0.325 e. The van der Waals surface area contributed by atoms with Crippen LogP contribution in [-0.4, -0.2) is 32.3 Å². The molecule has 1 saturated heterocycles. The number of amides is 3. The number of aromatic nitrogens is 2. The quantitative estimate of drug-likeness (QED) is 0.785. The summed E-state index contributed by atoms with van der Waals surface area (Å²) in [5.74, 6) is 0.355. The van der Waals surface area contributed by atoms with Gasteiger partial charge in [0.05, 0.1) is 6.54 Å². The van der Waals surface area contributed by atoms with Crippen molar-refractivity contribution < 1.29 is 9.59 Å². The average molecular weight is 246 g/mol. The number of rotatable bonds is 2. The molecule has 3 amide bonds. The first-order chi connectivity index (χ1) is 8.71. The molecule has 2 aliphatic rings. The highest BCUT2D eigenvalue weighted by Gasteiger charge is 2.52. The number of carbonyl (C=O) groups excluding carboxylic acids is 2. The molecular weight excluding hydrogens is 232 g/mol. The summed E-state index contributed by atoms with van der Waals surface area (Å²) in [5.41, 5.74) is -0.647. The Morgan fingerprint density at radius 3 is 2.56 bits per heavy atom. The van der Waals surface area contributed by atoms with Crippen molar-refractivity contribution in [1.29, 1.82) is 0 Å². The van der Waals surface area contributed by atoms with E-state index in [0.717, 1.165) is 25.7 Å². The number of nitrogens with one attached hydrogen (secondary N) is 1. The molecule has 1 saturated carbocycles. The van der Waals surface area contributed by atoms with E-state index in [4.69, 9.17) is 0 Å². The molecular formula is C12H14N4O2. The van der Waals surface area contributed by atoms with Crippen molar-refractivity contribution in [1.82, 2.24) is 20.2 Å². The van der Waals surface area contributed by atoms with Gasteiger partial charge in [-0.3, -0.25) is 9.69 Å². The monoisotopic (exact) mass is 246 g/mol. The fraction of sp³-hybridized carbons (Fsp3) is 0.500. The molecule has 6 nitrogen and oxygen atoms in total. The lowest BCUT2D eigenvalue weighted by Gasteiger charge is -2.19. The van der Waals surface area contributed by atoms with Crippen molar-refractivity contribution in [2.45, 2.75) is 37.8 Å². The highest BCUT2D eigenvalue weighted by Crippen LogP contribution is 2.35. The first-order valence-corrected chi connectivity index (χ1v) is 6.11. The molecule has 0 unspecified atom stereocenters. The van der Waals surface area contributed by atoms with Gasteiger partial charge in [0.25, 0.3) is 5.91 Å². The molecule has 2 fully saturated rings. The summed E-state index contributed by atoms with van der Waals surface area (Å²) in [6.45, 7) is 0.146. The third-order valence-electron chi connectivity index (χ3n) is 3.62. The van der Waals surface area contributed by atoms with Crippen LogP contribution in [0.5, 0.6) is 0 Å². The Kier molecular flexibility index (Phi) is 2.50. The summed E-state index contributed by atoms with van der Waals surface area (Å²) < 4.78 is 0. The van der Waals surface area contributed by atoms with Gasteiger partial charge in [0.15, 0.2) is 0 Å². The molecule has 2 heterocycles. The Morgan fingerprint density at radius 1 is 1.22 bits per heavy atom. The van der Waals surface area contributed by atoms with Crippen LogP contribution in [0.4, 0.5) is 4.79 Å². The topological polar surface area (TPSA) is 75.2 Å². The molecule has 1 aliphatic carbocycles. The van der Waals surface area contributed by atoms with E-state index in [1.165, 1.54) is 4.90 Å². The summed E-state index contributed by atoms with van der Waals surface area (Å²) in [6, 6.07) is 1.38. The zero-order valence-corrected chi connectivity index (χ0v) is 9.93. The molecule has 1 aliphatic heterocycles. The van der Waals surface area contributed by atoms with E-state index in [1.54, 1.807) is 18.5 Å². The van der Waals surface area contributed by atoms with Gasteiger partial charge < -0.3 is 5.32 Å². The van der Waals surface area contributed by atoms with Gasteiger partial charge in [-0.25, -0.2) is 14.8 Å². The maximum atomic E-state index is 12.3. The highest BCUT2D eigenvalue weighted by molar-refractivity contribution is 6.07. The Balaban J connectivity index is 1.81. The standard InChI is InChI=1S/C12H14N4O2/c17-10-12(4-1-2-5-12)15-11(18)16(10)8-9-13-6-3-7-14-9/h3,6-7H,1-2,4-5,8H2,(H,15,18). The molecule has 18 heavy (non-hydrogen) atoms. The van der Waals surface area contributed by atoms with E-state index in [1.807, 2.05) is 0 Å². The predicted molar refractivity (Wildman–Crippen MR) is 62.3 cm³/mol. The van der Waals surface area contributed by atoms with E-state index in [0.29, 0.717) is 5.82 Å². The van der Waals surface area contributed by atoms with Gasteiger partial charge in [-0.05, 0) is 18.9 Å². The summed E-state index contributed by atoms with van der Waals surface area (Å²) in [5, 5.41) is 2.83. The van der Waals surface area contributed by atoms with Crippen molar-refractivity contribution >= 4 is 11.9 Å². The maximum absolute atomic E-state index is 12.3. The van der Waals surface area contributed by atoms with Crippen LogP contribution in [0.15, 0.2) is 18.5 Å². The summed E-state index contributed by atoms with van der Waals surface area (Å²) in [4.78, 5) is 33.5. The SMILES string of the molecule is O=C1NC2(CCCC2)C(=O)N1Cc1ncccn1. The smallest absolute Gasteiger partial charge is 0.323 e. The molecule has 0 radical (unpaired) electrons. The van der Waals surface area contributed by atoms with E-state index in [2.05, 4.69) is 15.3 Å². The number of hydrogen-bond acceptors (Lipinski definition) is 4. The Labute approximate surface area is 104 Å². The van der Waals surface area contributed by atoms with Gasteiger partial charge in [0.2, 0.25) is 0 Å². The minimum Gasteiger partial charge on any atom is -0.323 e. The molecule has 0 bridgehead atoms. The lowest BCUT2D eigenvalue weighted by atomic mass is 9.98. The molecule has 6 heteroatoms. The number of nitrogens with zero attached hydrogens (tertiary/aromatic N) is 3. The molecule has 1 aromatic rings. The van der Waals surface area contributed by atoms with Gasteiger partial charge in [-0.2, -0.15) is 0 Å². The van der Waals surface area contributed by atoms with Crippen LogP contribution in [0.25, 0.3) is 0 Å². The molecule has 1 aromatic heterocycles.